The lowest BCUT2D eigenvalue weighted by atomic mass is 9.67. The summed E-state index contributed by atoms with van der Waals surface area (Å²) in [7, 11) is 0. The average Bonchev–Trinajstić information content (AvgIpc) is 2.44. The lowest BCUT2D eigenvalue weighted by Gasteiger charge is -2.41. The molecule has 0 spiro atoms. The van der Waals surface area contributed by atoms with E-state index in [-0.39, 0.29) is 24.0 Å². The Labute approximate surface area is 99.2 Å². The molecule has 0 radical (unpaired) electrons. The van der Waals surface area contributed by atoms with Crippen LogP contribution in [0.1, 0.15) is 19.3 Å². The smallest absolute Gasteiger partial charge is 0.235 e. The van der Waals surface area contributed by atoms with Gasteiger partial charge in [0.25, 0.3) is 0 Å². The first-order valence-corrected chi connectivity index (χ1v) is 5.83. The summed E-state index contributed by atoms with van der Waals surface area (Å²) in [6.07, 6.45) is 0.607. The van der Waals surface area contributed by atoms with Crippen LogP contribution in [0.2, 0.25) is 0 Å². The summed E-state index contributed by atoms with van der Waals surface area (Å²) in [5.41, 5.74) is 4.92. The van der Waals surface area contributed by atoms with Crippen LogP contribution in [0.5, 0.6) is 0 Å². The monoisotopic (exact) mass is 244 g/mol. The summed E-state index contributed by atoms with van der Waals surface area (Å²) in [6.45, 7) is 0.342. The van der Waals surface area contributed by atoms with Crippen molar-refractivity contribution in [3.8, 4) is 0 Å². The highest BCUT2D eigenvalue weighted by Crippen LogP contribution is 2.43. The predicted molar refractivity (Wildman–Crippen MR) is 61.7 cm³/mol. The first-order valence-electron chi connectivity index (χ1n) is 5.43. The molecule has 1 amide bonds. The number of aliphatic hydroxyl groups is 2. The minimum atomic E-state index is -0.854. The van der Waals surface area contributed by atoms with E-state index in [1.54, 1.807) is 0 Å². The fraction of sp³-hybridized carbons (Fsp3) is 0.800. The molecule has 16 heavy (non-hydrogen) atoms. The van der Waals surface area contributed by atoms with Crippen LogP contribution in [-0.2, 0) is 4.79 Å². The van der Waals surface area contributed by atoms with Gasteiger partial charge < -0.3 is 20.8 Å². The number of rotatable bonds is 2. The number of hydrogen-bond acceptors (Lipinski definition) is 4. The zero-order chi connectivity index (χ0) is 11.9. The molecule has 1 saturated carbocycles. The van der Waals surface area contributed by atoms with Gasteiger partial charge in [0.05, 0.1) is 22.6 Å². The molecule has 0 aromatic carbocycles. The molecule has 0 aromatic heterocycles. The second kappa shape index (κ2) is 3.94. The molecular formula is C10H16N2O3S. The topological polar surface area (TPSA) is 86.8 Å². The number of amides is 1. The number of aliphatic hydroxyl groups excluding tert-OH is 2. The standard InChI is InChI=1S/C10H16N2O3S/c11-8(16)10(2-1-3-10)9(15)12-4-6(13)7(14)5-12/h6-7,13-14H,1-5H2,(H2,11,16). The largest absolute Gasteiger partial charge is 0.392 e. The van der Waals surface area contributed by atoms with Crippen LogP contribution < -0.4 is 5.73 Å². The summed E-state index contributed by atoms with van der Waals surface area (Å²) < 4.78 is 0. The summed E-state index contributed by atoms with van der Waals surface area (Å²) in [5, 5.41) is 18.8. The molecule has 0 bridgehead atoms. The lowest BCUT2D eigenvalue weighted by Crippen LogP contribution is -2.54. The SMILES string of the molecule is NC(=S)C1(C(=O)N2CC(O)C(O)C2)CCC1. The molecule has 1 saturated heterocycles. The second-order valence-corrected chi connectivity index (χ2v) is 5.08. The van der Waals surface area contributed by atoms with Crippen LogP contribution in [0.3, 0.4) is 0 Å². The van der Waals surface area contributed by atoms with Crippen LogP contribution in [0.25, 0.3) is 0 Å². The normalized spacial score (nSPS) is 32.2. The number of carbonyl (C=O) groups excluding carboxylic acids is 1. The van der Waals surface area contributed by atoms with Gasteiger partial charge in [-0.3, -0.25) is 4.79 Å². The maximum Gasteiger partial charge on any atom is 0.235 e. The molecule has 2 unspecified atom stereocenters. The van der Waals surface area contributed by atoms with E-state index in [0.717, 1.165) is 6.42 Å². The van der Waals surface area contributed by atoms with Gasteiger partial charge in [-0.2, -0.15) is 0 Å². The molecule has 2 fully saturated rings. The minimum Gasteiger partial charge on any atom is -0.392 e. The molecule has 2 aliphatic rings. The molecule has 2 atom stereocenters. The van der Waals surface area contributed by atoms with Gasteiger partial charge in [0, 0.05) is 13.1 Å². The van der Waals surface area contributed by atoms with Gasteiger partial charge in [0.2, 0.25) is 5.91 Å². The van der Waals surface area contributed by atoms with E-state index < -0.39 is 17.6 Å². The third kappa shape index (κ3) is 1.61. The molecule has 0 aromatic rings. The van der Waals surface area contributed by atoms with Crippen molar-refractivity contribution in [3.63, 3.8) is 0 Å². The van der Waals surface area contributed by atoms with Crippen LogP contribution in [0.15, 0.2) is 0 Å². The van der Waals surface area contributed by atoms with Crippen molar-refractivity contribution in [1.82, 2.24) is 4.90 Å². The quantitative estimate of drug-likeness (QED) is 0.543. The van der Waals surface area contributed by atoms with Gasteiger partial charge in [-0.05, 0) is 12.8 Å². The van der Waals surface area contributed by atoms with Gasteiger partial charge in [0.15, 0.2) is 0 Å². The fourth-order valence-corrected chi connectivity index (χ4v) is 2.63. The van der Waals surface area contributed by atoms with Gasteiger partial charge in [0.1, 0.15) is 0 Å². The number of thiocarbonyl (C=S) groups is 1. The number of hydrogen-bond donors (Lipinski definition) is 3. The third-order valence-corrected chi connectivity index (χ3v) is 4.03. The van der Waals surface area contributed by atoms with Crippen molar-refractivity contribution in [3.05, 3.63) is 0 Å². The summed E-state index contributed by atoms with van der Waals surface area (Å²) in [4.78, 5) is 13.9. The number of β-amino-alcohol motifs (C(OH)–C–C–N with tert-alkyl or cyclic N) is 2. The van der Waals surface area contributed by atoms with Crippen molar-refractivity contribution in [2.45, 2.75) is 31.5 Å². The summed E-state index contributed by atoms with van der Waals surface area (Å²) >= 11 is 4.96. The van der Waals surface area contributed by atoms with Crippen molar-refractivity contribution in [1.29, 1.82) is 0 Å². The zero-order valence-corrected chi connectivity index (χ0v) is 9.74. The highest BCUT2D eigenvalue weighted by Gasteiger charge is 2.50. The van der Waals surface area contributed by atoms with E-state index in [1.165, 1.54) is 4.90 Å². The van der Waals surface area contributed by atoms with Gasteiger partial charge in [-0.1, -0.05) is 18.6 Å². The highest BCUT2D eigenvalue weighted by atomic mass is 32.1. The van der Waals surface area contributed by atoms with Crippen LogP contribution >= 0.6 is 12.2 Å². The second-order valence-electron chi connectivity index (χ2n) is 4.64. The Balaban J connectivity index is 2.10. The van der Waals surface area contributed by atoms with Crippen molar-refractivity contribution >= 4 is 23.1 Å². The first kappa shape index (κ1) is 11.8. The number of carbonyl (C=O) groups is 1. The van der Waals surface area contributed by atoms with Crippen LogP contribution in [0, 0.1) is 5.41 Å². The van der Waals surface area contributed by atoms with E-state index in [9.17, 15) is 15.0 Å². The van der Waals surface area contributed by atoms with Gasteiger partial charge in [-0.15, -0.1) is 0 Å². The van der Waals surface area contributed by atoms with Crippen molar-refractivity contribution < 1.29 is 15.0 Å². The maximum atomic E-state index is 12.2. The molecular weight excluding hydrogens is 228 g/mol. The summed E-state index contributed by atoms with van der Waals surface area (Å²) in [5.74, 6) is -0.137. The highest BCUT2D eigenvalue weighted by molar-refractivity contribution is 7.80. The Bertz CT molecular complexity index is 320. The Morgan fingerprint density at radius 2 is 1.81 bits per heavy atom. The number of nitrogens with zero attached hydrogens (tertiary/aromatic N) is 1. The van der Waals surface area contributed by atoms with Crippen LogP contribution in [-0.4, -0.2) is 51.3 Å². The Kier molecular flexibility index (Phi) is 2.90. The fourth-order valence-electron chi connectivity index (χ4n) is 2.33. The Morgan fingerprint density at radius 3 is 2.12 bits per heavy atom. The Hall–Kier alpha value is -0.720. The van der Waals surface area contributed by atoms with E-state index in [1.807, 2.05) is 0 Å². The average molecular weight is 244 g/mol. The summed E-state index contributed by atoms with van der Waals surface area (Å²) in [6, 6.07) is 0. The third-order valence-electron chi connectivity index (χ3n) is 3.63. The predicted octanol–water partition coefficient (Wildman–Crippen LogP) is -0.993. The molecule has 1 heterocycles. The molecule has 2 rings (SSSR count). The van der Waals surface area contributed by atoms with E-state index >= 15 is 0 Å². The maximum absolute atomic E-state index is 12.2. The molecule has 4 N–H and O–H groups in total. The van der Waals surface area contributed by atoms with Gasteiger partial charge >= 0.3 is 0 Å². The molecule has 5 nitrogen and oxygen atoms in total. The first-order chi connectivity index (χ1) is 7.47. The molecule has 6 heteroatoms. The van der Waals surface area contributed by atoms with E-state index in [2.05, 4.69) is 0 Å². The van der Waals surface area contributed by atoms with E-state index in [4.69, 9.17) is 18.0 Å². The molecule has 1 aliphatic carbocycles. The van der Waals surface area contributed by atoms with Gasteiger partial charge in [-0.25, -0.2) is 0 Å². The number of nitrogens with two attached hydrogens (primary N) is 1. The number of likely N-dealkylation sites (tertiary alicyclic amines) is 1. The lowest BCUT2D eigenvalue weighted by molar-refractivity contribution is -0.141. The molecule has 90 valence electrons. The van der Waals surface area contributed by atoms with Crippen molar-refractivity contribution in [2.75, 3.05) is 13.1 Å². The van der Waals surface area contributed by atoms with E-state index in [0.29, 0.717) is 12.8 Å². The molecule has 1 aliphatic heterocycles. The minimum absolute atomic E-state index is 0.137. The zero-order valence-electron chi connectivity index (χ0n) is 8.93. The Morgan fingerprint density at radius 1 is 1.31 bits per heavy atom. The van der Waals surface area contributed by atoms with Crippen molar-refractivity contribution in [2.24, 2.45) is 11.1 Å². The van der Waals surface area contributed by atoms with Crippen LogP contribution in [0.4, 0.5) is 0 Å².